The van der Waals surface area contributed by atoms with Gasteiger partial charge in [0, 0.05) is 5.69 Å². The van der Waals surface area contributed by atoms with Crippen molar-refractivity contribution in [2.45, 2.75) is 25.8 Å². The average molecular weight is 618 g/mol. The van der Waals surface area contributed by atoms with Crippen LogP contribution in [0.1, 0.15) is 15.9 Å². The molecule has 1 N–H and O–H groups in total. The molecule has 2 aromatic carbocycles. The van der Waals surface area contributed by atoms with E-state index in [2.05, 4.69) is 25.0 Å². The van der Waals surface area contributed by atoms with Gasteiger partial charge in [-0.1, -0.05) is 18.2 Å². The third-order valence-corrected chi connectivity index (χ3v) is 6.40. The lowest BCUT2D eigenvalue weighted by atomic mass is 10.1. The number of anilines is 2. The molecule has 0 bridgehead atoms. The van der Waals surface area contributed by atoms with Crippen LogP contribution in [0.5, 0.6) is 0 Å². The van der Waals surface area contributed by atoms with Gasteiger partial charge in [-0.15, -0.1) is 0 Å². The van der Waals surface area contributed by atoms with Gasteiger partial charge in [0.05, 0.1) is 89.5 Å². The van der Waals surface area contributed by atoms with Crippen LogP contribution in [0.2, 0.25) is 19.6 Å². The molecule has 0 aliphatic rings. The lowest BCUT2D eigenvalue weighted by molar-refractivity contribution is -0.137. The Morgan fingerprint density at radius 3 is 1.71 bits per heavy atom. The monoisotopic (exact) mass is 617 g/mol. The highest BCUT2D eigenvalue weighted by atomic mass is 28.4. The summed E-state index contributed by atoms with van der Waals surface area (Å²) < 4.78 is 77.1. The Balaban J connectivity index is 1.47. The normalized spacial score (nSPS) is 12.0. The molecule has 0 aliphatic carbocycles. The van der Waals surface area contributed by atoms with Gasteiger partial charge in [0.15, 0.2) is 8.32 Å². The van der Waals surface area contributed by atoms with Crippen LogP contribution in [0.3, 0.4) is 0 Å². The SMILES string of the molecule is C[Si](C)(C)OCCOCCOCCOCCOCCOCCOC(=O)c1ccccc1Nc1cccc(C(F)(F)F)c1. The molecule has 2 aromatic rings. The van der Waals surface area contributed by atoms with Crippen LogP contribution < -0.4 is 5.32 Å². The minimum absolute atomic E-state index is 0.0110. The Morgan fingerprint density at radius 1 is 0.690 bits per heavy atom. The van der Waals surface area contributed by atoms with Crippen LogP contribution in [0.25, 0.3) is 0 Å². The van der Waals surface area contributed by atoms with E-state index in [9.17, 15) is 18.0 Å². The molecule has 0 saturated heterocycles. The first-order valence-corrected chi connectivity index (χ1v) is 17.2. The Morgan fingerprint density at radius 2 is 1.19 bits per heavy atom. The van der Waals surface area contributed by atoms with Gasteiger partial charge in [-0.05, 0) is 50.0 Å². The molecule has 0 amide bonds. The number of nitrogens with one attached hydrogen (secondary N) is 1. The zero-order valence-electron chi connectivity index (χ0n) is 24.5. The maximum Gasteiger partial charge on any atom is 0.416 e. The molecule has 0 heterocycles. The predicted octanol–water partition coefficient (Wildman–Crippen LogP) is 5.54. The molecule has 0 saturated carbocycles. The van der Waals surface area contributed by atoms with Crippen molar-refractivity contribution in [3.8, 4) is 0 Å². The molecule has 0 aromatic heterocycles. The highest BCUT2D eigenvalue weighted by Gasteiger charge is 2.30. The molecule has 0 fully saturated rings. The topological polar surface area (TPSA) is 93.7 Å². The number of esters is 1. The molecule has 0 atom stereocenters. The minimum Gasteiger partial charge on any atom is -0.460 e. The minimum atomic E-state index is -4.47. The molecule has 2 rings (SSSR count). The summed E-state index contributed by atoms with van der Waals surface area (Å²) >= 11 is 0. The Hall–Kier alpha value is -2.52. The van der Waals surface area contributed by atoms with Crippen molar-refractivity contribution in [3.63, 3.8) is 0 Å². The lowest BCUT2D eigenvalue weighted by Gasteiger charge is -2.16. The number of halogens is 3. The van der Waals surface area contributed by atoms with Crippen LogP contribution in [0, 0.1) is 0 Å². The molecule has 0 radical (unpaired) electrons. The van der Waals surface area contributed by atoms with Gasteiger partial charge in [-0.3, -0.25) is 0 Å². The van der Waals surface area contributed by atoms with Gasteiger partial charge in [-0.25, -0.2) is 4.79 Å². The quantitative estimate of drug-likeness (QED) is 0.104. The van der Waals surface area contributed by atoms with E-state index in [4.69, 9.17) is 32.8 Å². The van der Waals surface area contributed by atoms with Crippen molar-refractivity contribution in [2.24, 2.45) is 0 Å². The zero-order chi connectivity index (χ0) is 30.7. The summed E-state index contributed by atoms with van der Waals surface area (Å²) in [6.45, 7) is 11.2. The number of alkyl halides is 3. The van der Waals surface area contributed by atoms with E-state index in [0.717, 1.165) is 12.1 Å². The first kappa shape index (κ1) is 35.7. The van der Waals surface area contributed by atoms with Gasteiger partial charge >= 0.3 is 12.1 Å². The van der Waals surface area contributed by atoms with Crippen molar-refractivity contribution in [1.82, 2.24) is 0 Å². The van der Waals surface area contributed by atoms with Crippen LogP contribution >= 0.6 is 0 Å². The maximum atomic E-state index is 13.0. The average Bonchev–Trinajstić information content (AvgIpc) is 2.93. The van der Waals surface area contributed by atoms with E-state index in [1.807, 2.05) is 0 Å². The summed E-state index contributed by atoms with van der Waals surface area (Å²) in [6, 6.07) is 11.2. The van der Waals surface area contributed by atoms with E-state index in [1.165, 1.54) is 18.2 Å². The Kier molecular flexibility index (Phi) is 16.7. The maximum absolute atomic E-state index is 13.0. The van der Waals surface area contributed by atoms with Crippen LogP contribution in [0.4, 0.5) is 24.5 Å². The third-order valence-electron chi connectivity index (χ3n) is 5.33. The standard InChI is InChI=1S/C29H42F3NO8Si/c1-42(2,3)41-22-20-39-18-16-37-14-12-35-11-13-36-15-17-38-19-21-40-28(34)26-9-4-5-10-27(26)33-25-8-6-7-24(23-25)29(30,31)32/h4-10,23,33H,11-22H2,1-3H3. The summed E-state index contributed by atoms with van der Waals surface area (Å²) in [4.78, 5) is 12.5. The molecule has 42 heavy (non-hydrogen) atoms. The smallest absolute Gasteiger partial charge is 0.416 e. The second-order valence-corrected chi connectivity index (χ2v) is 14.4. The van der Waals surface area contributed by atoms with E-state index in [-0.39, 0.29) is 24.5 Å². The first-order chi connectivity index (χ1) is 20.1. The fraction of sp³-hybridized carbons (Fsp3) is 0.552. The first-order valence-electron chi connectivity index (χ1n) is 13.8. The Bertz CT molecular complexity index is 1040. The summed E-state index contributed by atoms with van der Waals surface area (Å²) in [6.07, 6.45) is -4.47. The molecule has 0 aliphatic heterocycles. The van der Waals surface area contributed by atoms with Crippen LogP contribution in [0.15, 0.2) is 48.5 Å². The molecule has 236 valence electrons. The number of rotatable bonds is 22. The van der Waals surface area contributed by atoms with E-state index in [0.29, 0.717) is 71.8 Å². The van der Waals surface area contributed by atoms with Gasteiger partial charge in [0.1, 0.15) is 6.61 Å². The second kappa shape index (κ2) is 19.6. The number of para-hydroxylation sites is 1. The van der Waals surface area contributed by atoms with Crippen molar-refractivity contribution >= 4 is 25.7 Å². The van der Waals surface area contributed by atoms with Crippen molar-refractivity contribution < 1.29 is 50.8 Å². The Labute approximate surface area is 246 Å². The molecule has 13 heteroatoms. The number of benzene rings is 2. The summed E-state index contributed by atoms with van der Waals surface area (Å²) in [5.41, 5.74) is -0.0622. The number of carbonyl (C=O) groups excluding carboxylic acids is 1. The lowest BCUT2D eigenvalue weighted by Crippen LogP contribution is -2.27. The predicted molar refractivity (Wildman–Crippen MR) is 155 cm³/mol. The van der Waals surface area contributed by atoms with Crippen LogP contribution in [-0.2, 0) is 39.0 Å². The van der Waals surface area contributed by atoms with E-state index < -0.39 is 26.0 Å². The van der Waals surface area contributed by atoms with Gasteiger partial charge < -0.3 is 38.2 Å². The summed E-state index contributed by atoms with van der Waals surface area (Å²) in [5.74, 6) is -0.620. The number of hydrogen-bond donors (Lipinski definition) is 1. The molecular formula is C29H42F3NO8Si. The largest absolute Gasteiger partial charge is 0.460 e. The molecule has 0 spiro atoms. The van der Waals surface area contributed by atoms with E-state index in [1.54, 1.807) is 18.2 Å². The van der Waals surface area contributed by atoms with Gasteiger partial charge in [0.2, 0.25) is 0 Å². The fourth-order valence-electron chi connectivity index (χ4n) is 3.36. The van der Waals surface area contributed by atoms with Gasteiger partial charge in [-0.2, -0.15) is 13.2 Å². The number of carbonyl (C=O) groups is 1. The summed E-state index contributed by atoms with van der Waals surface area (Å²) in [7, 11) is -1.48. The van der Waals surface area contributed by atoms with Crippen LogP contribution in [-0.4, -0.2) is 93.6 Å². The number of ether oxygens (including phenoxy) is 6. The molecule has 0 unspecified atom stereocenters. The fourth-order valence-corrected chi connectivity index (χ4v) is 4.05. The summed E-state index contributed by atoms with van der Waals surface area (Å²) in [5, 5.41) is 2.86. The van der Waals surface area contributed by atoms with E-state index >= 15 is 0 Å². The number of hydrogen-bond acceptors (Lipinski definition) is 9. The van der Waals surface area contributed by atoms with Gasteiger partial charge in [0.25, 0.3) is 0 Å². The third kappa shape index (κ3) is 16.2. The highest BCUT2D eigenvalue weighted by molar-refractivity contribution is 6.69. The highest BCUT2D eigenvalue weighted by Crippen LogP contribution is 2.32. The molecular weight excluding hydrogens is 575 g/mol. The zero-order valence-corrected chi connectivity index (χ0v) is 25.5. The van der Waals surface area contributed by atoms with Crippen molar-refractivity contribution in [1.29, 1.82) is 0 Å². The molecule has 9 nitrogen and oxygen atoms in total. The van der Waals surface area contributed by atoms with Crippen molar-refractivity contribution in [2.75, 3.05) is 84.6 Å². The van der Waals surface area contributed by atoms with Crippen molar-refractivity contribution in [3.05, 3.63) is 59.7 Å². The second-order valence-electron chi connectivity index (χ2n) is 9.91.